The topological polar surface area (TPSA) is 21.3 Å². The van der Waals surface area contributed by atoms with Gasteiger partial charge in [0.2, 0.25) is 0 Å². The summed E-state index contributed by atoms with van der Waals surface area (Å²) in [4.78, 5) is 0. The number of aryl methyl sites for hydroxylation is 2. The Kier molecular flexibility index (Phi) is 4.20. The second-order valence-corrected chi connectivity index (χ2v) is 5.43. The second kappa shape index (κ2) is 6.27. The van der Waals surface area contributed by atoms with Crippen LogP contribution < -0.4 is 10.1 Å². The van der Waals surface area contributed by atoms with Gasteiger partial charge < -0.3 is 10.1 Å². The van der Waals surface area contributed by atoms with Gasteiger partial charge in [0, 0.05) is 6.54 Å². The first-order valence-corrected chi connectivity index (χ1v) is 7.55. The lowest BCUT2D eigenvalue weighted by Crippen LogP contribution is -2.11. The Bertz CT molecular complexity index is 639. The highest BCUT2D eigenvalue weighted by molar-refractivity contribution is 5.41. The first kappa shape index (κ1) is 14.1. The third-order valence-electron chi connectivity index (χ3n) is 3.87. The summed E-state index contributed by atoms with van der Waals surface area (Å²) in [7, 11) is 0. The van der Waals surface area contributed by atoms with Crippen LogP contribution in [0, 0.1) is 5.82 Å². The van der Waals surface area contributed by atoms with Crippen molar-refractivity contribution in [3.63, 3.8) is 0 Å². The molecule has 0 spiro atoms. The van der Waals surface area contributed by atoms with Gasteiger partial charge in [-0.25, -0.2) is 4.39 Å². The van der Waals surface area contributed by atoms with Crippen LogP contribution in [0.5, 0.6) is 11.5 Å². The molecule has 0 aromatic heterocycles. The van der Waals surface area contributed by atoms with Gasteiger partial charge in [-0.3, -0.25) is 0 Å². The third-order valence-corrected chi connectivity index (χ3v) is 3.87. The van der Waals surface area contributed by atoms with Gasteiger partial charge in [-0.2, -0.15) is 0 Å². The summed E-state index contributed by atoms with van der Waals surface area (Å²) in [5.74, 6) is 0.688. The van der Waals surface area contributed by atoms with Crippen molar-refractivity contribution in [2.24, 2.45) is 0 Å². The maximum Gasteiger partial charge on any atom is 0.166 e. The van der Waals surface area contributed by atoms with Crippen LogP contribution >= 0.6 is 0 Å². The molecular weight excluding hydrogens is 265 g/mol. The average Bonchev–Trinajstić information content (AvgIpc) is 2.95. The molecule has 0 radical (unpaired) electrons. The van der Waals surface area contributed by atoms with Crippen molar-refractivity contribution in [2.45, 2.75) is 32.7 Å². The first-order chi connectivity index (χ1) is 10.3. The van der Waals surface area contributed by atoms with Gasteiger partial charge in [-0.1, -0.05) is 19.1 Å². The van der Waals surface area contributed by atoms with Crippen molar-refractivity contribution in [3.05, 3.63) is 58.9 Å². The van der Waals surface area contributed by atoms with Crippen LogP contribution in [0.25, 0.3) is 0 Å². The Labute approximate surface area is 125 Å². The zero-order chi connectivity index (χ0) is 14.7. The van der Waals surface area contributed by atoms with E-state index in [1.165, 1.54) is 23.6 Å². The van der Waals surface area contributed by atoms with Crippen molar-refractivity contribution in [1.29, 1.82) is 0 Å². The van der Waals surface area contributed by atoms with E-state index in [2.05, 4.69) is 11.4 Å². The van der Waals surface area contributed by atoms with E-state index in [9.17, 15) is 4.39 Å². The fourth-order valence-electron chi connectivity index (χ4n) is 2.75. The van der Waals surface area contributed by atoms with Gasteiger partial charge in [0.05, 0.1) is 0 Å². The highest BCUT2D eigenvalue weighted by Gasteiger charge is 2.12. The minimum atomic E-state index is -0.314. The quantitative estimate of drug-likeness (QED) is 0.888. The molecule has 0 fully saturated rings. The molecule has 0 unspecified atom stereocenters. The van der Waals surface area contributed by atoms with Crippen LogP contribution in [0.2, 0.25) is 0 Å². The van der Waals surface area contributed by atoms with Gasteiger partial charge >= 0.3 is 0 Å². The smallest absolute Gasteiger partial charge is 0.166 e. The Hall–Kier alpha value is -1.87. The number of rotatable bonds is 5. The predicted molar refractivity (Wildman–Crippen MR) is 82.3 cm³/mol. The largest absolute Gasteiger partial charge is 0.454 e. The molecule has 21 heavy (non-hydrogen) atoms. The van der Waals surface area contributed by atoms with E-state index in [1.807, 2.05) is 25.1 Å². The molecular formula is C18H20FNO. The van der Waals surface area contributed by atoms with E-state index in [0.29, 0.717) is 12.3 Å². The molecule has 2 aromatic carbocycles. The monoisotopic (exact) mass is 285 g/mol. The number of hydrogen-bond donors (Lipinski definition) is 1. The maximum atomic E-state index is 14.1. The molecule has 0 amide bonds. The summed E-state index contributed by atoms with van der Waals surface area (Å²) in [6, 6.07) is 11.2. The zero-order valence-electron chi connectivity index (χ0n) is 12.3. The summed E-state index contributed by atoms with van der Waals surface area (Å²) in [5, 5.41) is 3.18. The SMILES string of the molecule is CCNCc1ccc(Oc2ccc3c(c2)CCC3)c(F)c1. The fraction of sp³-hybridized carbons (Fsp3) is 0.333. The molecule has 3 rings (SSSR count). The molecule has 110 valence electrons. The maximum absolute atomic E-state index is 14.1. The molecule has 3 heteroatoms. The van der Waals surface area contributed by atoms with Crippen molar-refractivity contribution in [3.8, 4) is 11.5 Å². The average molecular weight is 285 g/mol. The zero-order valence-corrected chi connectivity index (χ0v) is 12.3. The van der Waals surface area contributed by atoms with Gasteiger partial charge in [0.15, 0.2) is 11.6 Å². The Morgan fingerprint density at radius 3 is 2.76 bits per heavy atom. The van der Waals surface area contributed by atoms with Gasteiger partial charge in [-0.05, 0) is 66.8 Å². The van der Waals surface area contributed by atoms with Crippen LogP contribution in [-0.2, 0) is 19.4 Å². The van der Waals surface area contributed by atoms with Gasteiger partial charge in [0.1, 0.15) is 5.75 Å². The van der Waals surface area contributed by atoms with E-state index in [-0.39, 0.29) is 11.6 Å². The lowest BCUT2D eigenvalue weighted by molar-refractivity contribution is 0.441. The van der Waals surface area contributed by atoms with Crippen LogP contribution in [0.15, 0.2) is 36.4 Å². The first-order valence-electron chi connectivity index (χ1n) is 7.55. The van der Waals surface area contributed by atoms with Gasteiger partial charge in [-0.15, -0.1) is 0 Å². The van der Waals surface area contributed by atoms with Crippen LogP contribution in [0.3, 0.4) is 0 Å². The Morgan fingerprint density at radius 1 is 1.10 bits per heavy atom. The fourth-order valence-corrected chi connectivity index (χ4v) is 2.75. The van der Waals surface area contributed by atoms with Gasteiger partial charge in [0.25, 0.3) is 0 Å². The Balaban J connectivity index is 1.75. The molecule has 1 N–H and O–H groups in total. The third kappa shape index (κ3) is 3.24. The lowest BCUT2D eigenvalue weighted by Gasteiger charge is -2.10. The van der Waals surface area contributed by atoms with Crippen molar-refractivity contribution in [1.82, 2.24) is 5.32 Å². The van der Waals surface area contributed by atoms with Crippen molar-refractivity contribution >= 4 is 0 Å². The number of fused-ring (bicyclic) bond motifs is 1. The van der Waals surface area contributed by atoms with E-state index >= 15 is 0 Å². The molecule has 0 heterocycles. The molecule has 0 saturated heterocycles. The number of ether oxygens (including phenoxy) is 1. The number of nitrogens with one attached hydrogen (secondary N) is 1. The second-order valence-electron chi connectivity index (χ2n) is 5.43. The van der Waals surface area contributed by atoms with Crippen LogP contribution in [0.1, 0.15) is 30.0 Å². The molecule has 0 aliphatic heterocycles. The molecule has 0 bridgehead atoms. The standard InChI is InChI=1S/C18H20FNO/c1-2-20-12-13-6-9-18(17(19)10-13)21-16-8-7-14-4-3-5-15(14)11-16/h6-11,20H,2-5,12H2,1H3. The normalized spacial score (nSPS) is 13.2. The summed E-state index contributed by atoms with van der Waals surface area (Å²) in [5.41, 5.74) is 3.65. The van der Waals surface area contributed by atoms with Crippen LogP contribution in [0.4, 0.5) is 4.39 Å². The minimum absolute atomic E-state index is 0.285. The van der Waals surface area contributed by atoms with Crippen molar-refractivity contribution < 1.29 is 9.13 Å². The van der Waals surface area contributed by atoms with E-state index < -0.39 is 0 Å². The summed E-state index contributed by atoms with van der Waals surface area (Å²) < 4.78 is 19.8. The van der Waals surface area contributed by atoms with E-state index in [4.69, 9.17) is 4.74 Å². The Morgan fingerprint density at radius 2 is 1.95 bits per heavy atom. The predicted octanol–water partition coefficient (Wildman–Crippen LogP) is 4.22. The molecule has 1 aliphatic carbocycles. The summed E-state index contributed by atoms with van der Waals surface area (Å²) >= 11 is 0. The molecule has 1 aliphatic rings. The summed E-state index contributed by atoms with van der Waals surface area (Å²) in [6.07, 6.45) is 3.44. The molecule has 0 saturated carbocycles. The van der Waals surface area contributed by atoms with Crippen LogP contribution in [-0.4, -0.2) is 6.54 Å². The highest BCUT2D eigenvalue weighted by Crippen LogP contribution is 2.30. The number of benzene rings is 2. The lowest BCUT2D eigenvalue weighted by atomic mass is 10.1. The van der Waals surface area contributed by atoms with Crippen molar-refractivity contribution in [2.75, 3.05) is 6.54 Å². The number of hydrogen-bond acceptors (Lipinski definition) is 2. The highest BCUT2D eigenvalue weighted by atomic mass is 19.1. The minimum Gasteiger partial charge on any atom is -0.454 e. The molecule has 2 nitrogen and oxygen atoms in total. The summed E-state index contributed by atoms with van der Waals surface area (Å²) in [6.45, 7) is 3.57. The van der Waals surface area contributed by atoms with E-state index in [1.54, 1.807) is 6.07 Å². The molecule has 0 atom stereocenters. The van der Waals surface area contributed by atoms with E-state index in [0.717, 1.165) is 24.9 Å². The number of halogens is 1. The molecule has 2 aromatic rings.